The summed E-state index contributed by atoms with van der Waals surface area (Å²) in [5, 5.41) is 2.48. The number of carbonyl (C=O) groups excluding carboxylic acids is 1. The lowest BCUT2D eigenvalue weighted by Crippen LogP contribution is -2.28. The van der Waals surface area contributed by atoms with E-state index in [1.54, 1.807) is 7.05 Å². The fourth-order valence-corrected chi connectivity index (χ4v) is 3.11. The second kappa shape index (κ2) is 6.90. The van der Waals surface area contributed by atoms with Crippen LogP contribution in [-0.2, 0) is 17.1 Å². The van der Waals surface area contributed by atoms with E-state index in [0.717, 1.165) is 12.8 Å². The minimum Gasteiger partial charge on any atom is -0.354 e. The summed E-state index contributed by atoms with van der Waals surface area (Å²) < 4.78 is 28.5. The molecule has 0 atom stereocenters. The second-order valence-electron chi connectivity index (χ2n) is 4.79. The Morgan fingerprint density at radius 1 is 1.35 bits per heavy atom. The van der Waals surface area contributed by atoms with Crippen molar-refractivity contribution in [1.29, 1.82) is 0 Å². The van der Waals surface area contributed by atoms with Crippen molar-refractivity contribution in [1.82, 2.24) is 14.6 Å². The van der Waals surface area contributed by atoms with E-state index in [9.17, 15) is 13.2 Å². The number of aryl methyl sites for hydroxylation is 1. The van der Waals surface area contributed by atoms with Crippen molar-refractivity contribution >= 4 is 15.9 Å². The third-order valence-electron chi connectivity index (χ3n) is 3.47. The van der Waals surface area contributed by atoms with Gasteiger partial charge in [-0.1, -0.05) is 26.7 Å². The number of hydrogen-bond acceptors (Lipinski definition) is 3. The predicted molar refractivity (Wildman–Crippen MR) is 78.1 cm³/mol. The van der Waals surface area contributed by atoms with E-state index in [2.05, 4.69) is 10.0 Å². The van der Waals surface area contributed by atoms with Gasteiger partial charge in [-0.05, 0) is 12.0 Å². The summed E-state index contributed by atoms with van der Waals surface area (Å²) in [5.41, 5.74) is 0.315. The Morgan fingerprint density at radius 3 is 2.45 bits per heavy atom. The van der Waals surface area contributed by atoms with Gasteiger partial charge in [0, 0.05) is 26.8 Å². The fourth-order valence-electron chi connectivity index (χ4n) is 1.92. The molecule has 0 spiro atoms. The number of carbonyl (C=O) groups is 1. The van der Waals surface area contributed by atoms with E-state index in [4.69, 9.17) is 0 Å². The lowest BCUT2D eigenvalue weighted by atomic mass is 10.0. The Kier molecular flexibility index (Phi) is 5.76. The van der Waals surface area contributed by atoms with Crippen molar-refractivity contribution in [3.8, 4) is 0 Å². The van der Waals surface area contributed by atoms with Gasteiger partial charge in [0.1, 0.15) is 10.6 Å². The van der Waals surface area contributed by atoms with Crippen LogP contribution in [0.2, 0.25) is 0 Å². The van der Waals surface area contributed by atoms with Crippen LogP contribution in [0.25, 0.3) is 0 Å². The molecule has 20 heavy (non-hydrogen) atoms. The monoisotopic (exact) mass is 301 g/mol. The maximum Gasteiger partial charge on any atom is 0.267 e. The number of nitrogens with zero attached hydrogens (tertiary/aromatic N) is 1. The van der Waals surface area contributed by atoms with Crippen LogP contribution in [0.15, 0.2) is 17.2 Å². The SMILES string of the molecule is CCC(CC)CNS(=O)(=O)c1cc(C(=O)NC)n(C)c1. The normalized spacial score (nSPS) is 11.8. The molecule has 1 rings (SSSR count). The summed E-state index contributed by atoms with van der Waals surface area (Å²) in [5.74, 6) is 0.0147. The average molecular weight is 301 g/mol. The average Bonchev–Trinajstić information content (AvgIpc) is 2.82. The summed E-state index contributed by atoms with van der Waals surface area (Å²) in [6.45, 7) is 4.49. The number of hydrogen-bond donors (Lipinski definition) is 2. The van der Waals surface area contributed by atoms with E-state index in [-0.39, 0.29) is 10.8 Å². The van der Waals surface area contributed by atoms with E-state index in [1.165, 1.54) is 23.9 Å². The van der Waals surface area contributed by atoms with Crippen molar-refractivity contribution in [2.45, 2.75) is 31.6 Å². The minimum absolute atomic E-state index is 0.115. The molecule has 1 aromatic heterocycles. The maximum absolute atomic E-state index is 12.2. The first-order valence-electron chi connectivity index (χ1n) is 6.73. The Morgan fingerprint density at radius 2 is 1.95 bits per heavy atom. The van der Waals surface area contributed by atoms with Crippen molar-refractivity contribution in [2.24, 2.45) is 13.0 Å². The highest BCUT2D eigenvalue weighted by Crippen LogP contribution is 2.14. The molecular weight excluding hydrogens is 278 g/mol. The highest BCUT2D eigenvalue weighted by molar-refractivity contribution is 7.89. The van der Waals surface area contributed by atoms with Crippen molar-refractivity contribution < 1.29 is 13.2 Å². The van der Waals surface area contributed by atoms with Gasteiger partial charge in [0.2, 0.25) is 10.0 Å². The molecule has 2 N–H and O–H groups in total. The van der Waals surface area contributed by atoms with Gasteiger partial charge < -0.3 is 9.88 Å². The second-order valence-corrected chi connectivity index (χ2v) is 6.55. The summed E-state index contributed by atoms with van der Waals surface area (Å²) in [4.78, 5) is 11.7. The van der Waals surface area contributed by atoms with Gasteiger partial charge in [-0.25, -0.2) is 13.1 Å². The zero-order valence-corrected chi connectivity index (χ0v) is 13.3. The Labute approximate surface area is 120 Å². The number of amides is 1. The van der Waals surface area contributed by atoms with Crippen LogP contribution in [0.1, 0.15) is 37.2 Å². The zero-order valence-electron chi connectivity index (χ0n) is 12.4. The smallest absolute Gasteiger partial charge is 0.267 e. The molecule has 6 nitrogen and oxygen atoms in total. The maximum atomic E-state index is 12.2. The molecule has 1 aromatic rings. The van der Waals surface area contributed by atoms with Gasteiger partial charge in [0.15, 0.2) is 0 Å². The number of nitrogens with one attached hydrogen (secondary N) is 2. The van der Waals surface area contributed by atoms with Gasteiger partial charge >= 0.3 is 0 Å². The molecule has 0 aliphatic rings. The topological polar surface area (TPSA) is 80.2 Å². The minimum atomic E-state index is -3.57. The van der Waals surface area contributed by atoms with E-state index >= 15 is 0 Å². The molecule has 0 bridgehead atoms. The molecule has 0 aromatic carbocycles. The molecule has 1 amide bonds. The molecule has 0 unspecified atom stereocenters. The first-order valence-corrected chi connectivity index (χ1v) is 8.22. The largest absolute Gasteiger partial charge is 0.354 e. The third-order valence-corrected chi connectivity index (χ3v) is 4.86. The standard InChI is InChI=1S/C13H23N3O3S/c1-5-10(6-2)8-15-20(18,19)11-7-12(13(17)14-3)16(4)9-11/h7,9-10,15H,5-6,8H2,1-4H3,(H,14,17). The van der Waals surface area contributed by atoms with E-state index < -0.39 is 10.0 Å². The zero-order chi connectivity index (χ0) is 15.3. The Bertz CT molecular complexity index is 559. The molecule has 0 saturated heterocycles. The van der Waals surface area contributed by atoms with Gasteiger partial charge in [0.25, 0.3) is 5.91 Å². The number of rotatable bonds is 7. The van der Waals surface area contributed by atoms with Crippen molar-refractivity contribution in [3.05, 3.63) is 18.0 Å². The van der Waals surface area contributed by atoms with E-state index in [1.807, 2.05) is 13.8 Å². The summed E-state index contributed by atoms with van der Waals surface area (Å²) >= 11 is 0. The molecule has 114 valence electrons. The van der Waals surface area contributed by atoms with Crippen LogP contribution < -0.4 is 10.0 Å². The van der Waals surface area contributed by atoms with Crippen LogP contribution in [0, 0.1) is 5.92 Å². The molecule has 0 saturated carbocycles. The fraction of sp³-hybridized carbons (Fsp3) is 0.615. The van der Waals surface area contributed by atoms with Gasteiger partial charge in [-0.3, -0.25) is 4.79 Å². The summed E-state index contributed by atoms with van der Waals surface area (Å²) in [7, 11) is -0.418. The van der Waals surface area contributed by atoms with Crippen LogP contribution in [0.5, 0.6) is 0 Å². The lowest BCUT2D eigenvalue weighted by Gasteiger charge is -2.12. The Balaban J connectivity index is 2.91. The first-order chi connectivity index (χ1) is 9.35. The van der Waals surface area contributed by atoms with Crippen molar-refractivity contribution in [2.75, 3.05) is 13.6 Å². The lowest BCUT2D eigenvalue weighted by molar-refractivity contribution is 0.0955. The molecular formula is C13H23N3O3S. The molecule has 0 aliphatic heterocycles. The van der Waals surface area contributed by atoms with Crippen molar-refractivity contribution in [3.63, 3.8) is 0 Å². The van der Waals surface area contributed by atoms with Gasteiger partial charge in [0.05, 0.1) is 0 Å². The third kappa shape index (κ3) is 3.83. The van der Waals surface area contributed by atoms with Crippen LogP contribution in [-0.4, -0.2) is 32.5 Å². The molecule has 0 fully saturated rings. The molecule has 7 heteroatoms. The van der Waals surface area contributed by atoms with Gasteiger partial charge in [-0.15, -0.1) is 0 Å². The highest BCUT2D eigenvalue weighted by atomic mass is 32.2. The van der Waals surface area contributed by atoms with Crippen LogP contribution in [0.3, 0.4) is 0 Å². The summed E-state index contributed by atoms with van der Waals surface area (Å²) in [6.07, 6.45) is 3.30. The highest BCUT2D eigenvalue weighted by Gasteiger charge is 2.20. The molecule has 0 aliphatic carbocycles. The number of aromatic nitrogens is 1. The molecule has 1 heterocycles. The quantitative estimate of drug-likeness (QED) is 0.791. The Hall–Kier alpha value is -1.34. The van der Waals surface area contributed by atoms with Crippen LogP contribution in [0.4, 0.5) is 0 Å². The first kappa shape index (κ1) is 16.7. The van der Waals surface area contributed by atoms with Gasteiger partial charge in [-0.2, -0.15) is 0 Å². The number of sulfonamides is 1. The summed E-state index contributed by atoms with van der Waals surface area (Å²) in [6, 6.07) is 1.38. The van der Waals surface area contributed by atoms with Crippen LogP contribution >= 0.6 is 0 Å². The van der Waals surface area contributed by atoms with E-state index in [0.29, 0.717) is 18.2 Å². The molecule has 0 radical (unpaired) electrons. The predicted octanol–water partition coefficient (Wildman–Crippen LogP) is 1.10.